The quantitative estimate of drug-likeness (QED) is 0.576. The van der Waals surface area contributed by atoms with Gasteiger partial charge in [0.05, 0.1) is 6.04 Å². The van der Waals surface area contributed by atoms with Crippen molar-refractivity contribution in [3.05, 3.63) is 22.4 Å². The van der Waals surface area contributed by atoms with E-state index in [2.05, 4.69) is 10.6 Å². The Morgan fingerprint density at radius 2 is 2.10 bits per heavy atom. The van der Waals surface area contributed by atoms with Crippen molar-refractivity contribution in [1.82, 2.24) is 10.6 Å². The van der Waals surface area contributed by atoms with Crippen LogP contribution in [-0.2, 0) is 9.59 Å². The van der Waals surface area contributed by atoms with Crippen molar-refractivity contribution < 1.29 is 19.5 Å². The molecule has 0 aliphatic heterocycles. The number of hydrogen-bond donors (Lipinski definition) is 4. The Hall–Kier alpha value is -2.09. The Balaban J connectivity index is 2.56. The van der Waals surface area contributed by atoms with Crippen LogP contribution >= 0.6 is 11.3 Å². The van der Waals surface area contributed by atoms with Gasteiger partial charge in [-0.25, -0.2) is 9.59 Å². The van der Waals surface area contributed by atoms with Gasteiger partial charge in [0.25, 0.3) is 0 Å². The highest BCUT2D eigenvalue weighted by Gasteiger charge is 2.22. The van der Waals surface area contributed by atoms with Crippen molar-refractivity contribution in [2.24, 2.45) is 5.73 Å². The van der Waals surface area contributed by atoms with Crippen molar-refractivity contribution in [3.63, 3.8) is 0 Å². The van der Waals surface area contributed by atoms with Gasteiger partial charge >= 0.3 is 12.0 Å². The van der Waals surface area contributed by atoms with Gasteiger partial charge in [-0.1, -0.05) is 13.0 Å². The summed E-state index contributed by atoms with van der Waals surface area (Å²) >= 11 is 1.52. The Bertz CT molecular complexity index is 490. The molecule has 21 heavy (non-hydrogen) atoms. The van der Waals surface area contributed by atoms with E-state index in [1.165, 1.54) is 11.3 Å². The zero-order valence-corrected chi connectivity index (χ0v) is 12.5. The number of rotatable bonds is 8. The maximum absolute atomic E-state index is 11.9. The number of carboxylic acids is 1. The van der Waals surface area contributed by atoms with Gasteiger partial charge in [0.2, 0.25) is 5.91 Å². The molecule has 0 aromatic carbocycles. The molecule has 1 heterocycles. The van der Waals surface area contributed by atoms with Crippen molar-refractivity contribution >= 4 is 29.2 Å². The number of nitrogens with two attached hydrogens (primary N) is 1. The fourth-order valence-corrected chi connectivity index (χ4v) is 2.63. The van der Waals surface area contributed by atoms with E-state index in [-0.39, 0.29) is 18.9 Å². The summed E-state index contributed by atoms with van der Waals surface area (Å²) in [6, 6.07) is 1.90. The van der Waals surface area contributed by atoms with Crippen LogP contribution in [0.1, 0.15) is 37.1 Å². The van der Waals surface area contributed by atoms with Gasteiger partial charge in [0, 0.05) is 11.3 Å². The van der Waals surface area contributed by atoms with Gasteiger partial charge in [-0.3, -0.25) is 4.79 Å². The molecule has 2 atom stereocenters. The molecule has 8 heteroatoms. The molecule has 1 rings (SSSR count). The van der Waals surface area contributed by atoms with Crippen molar-refractivity contribution in [2.45, 2.75) is 38.3 Å². The molecular weight excluding hydrogens is 294 g/mol. The van der Waals surface area contributed by atoms with Crippen molar-refractivity contribution in [2.75, 3.05) is 0 Å². The molecule has 1 unspecified atom stereocenters. The Labute approximate surface area is 126 Å². The van der Waals surface area contributed by atoms with Crippen LogP contribution in [0.2, 0.25) is 0 Å². The lowest BCUT2D eigenvalue weighted by atomic mass is 10.1. The summed E-state index contributed by atoms with van der Waals surface area (Å²) in [5.41, 5.74) is 4.98. The van der Waals surface area contributed by atoms with Crippen LogP contribution in [-0.4, -0.2) is 29.1 Å². The second-order valence-corrected chi connectivity index (χ2v) is 5.47. The smallest absolute Gasteiger partial charge is 0.326 e. The standard InChI is InChI=1S/C13H19N3O4S/c1-2-8(10-4-3-7-21-10)15-13(20)16-9(12(18)19)5-6-11(14)17/h3-4,7-9H,2,5-6H2,1H3,(H2,14,17)(H,18,19)(H2,15,16,20)/t8?,9-/m1/s1. The minimum atomic E-state index is -1.20. The molecule has 0 aliphatic rings. The lowest BCUT2D eigenvalue weighted by Crippen LogP contribution is -2.47. The van der Waals surface area contributed by atoms with E-state index < -0.39 is 23.9 Å². The third-order valence-corrected chi connectivity index (χ3v) is 3.87. The highest BCUT2D eigenvalue weighted by molar-refractivity contribution is 7.10. The van der Waals surface area contributed by atoms with Crippen LogP contribution in [0, 0.1) is 0 Å². The van der Waals surface area contributed by atoms with E-state index in [4.69, 9.17) is 10.8 Å². The third-order valence-electron chi connectivity index (χ3n) is 2.88. The highest BCUT2D eigenvalue weighted by atomic mass is 32.1. The topological polar surface area (TPSA) is 122 Å². The van der Waals surface area contributed by atoms with Crippen molar-refractivity contribution in [3.8, 4) is 0 Å². The summed E-state index contributed by atoms with van der Waals surface area (Å²) in [6.07, 6.45) is 0.556. The monoisotopic (exact) mass is 313 g/mol. The molecule has 1 aromatic rings. The van der Waals surface area contributed by atoms with Gasteiger partial charge < -0.3 is 21.5 Å². The lowest BCUT2D eigenvalue weighted by molar-refractivity contribution is -0.139. The molecule has 0 saturated heterocycles. The molecule has 5 N–H and O–H groups in total. The number of thiophene rings is 1. The zero-order chi connectivity index (χ0) is 15.8. The fourth-order valence-electron chi connectivity index (χ4n) is 1.77. The van der Waals surface area contributed by atoms with E-state index in [1.807, 2.05) is 24.4 Å². The number of amides is 3. The third kappa shape index (κ3) is 5.82. The van der Waals surface area contributed by atoms with Gasteiger partial charge in [-0.15, -0.1) is 11.3 Å². The molecule has 3 amide bonds. The summed E-state index contributed by atoms with van der Waals surface area (Å²) in [7, 11) is 0. The fraction of sp³-hybridized carbons (Fsp3) is 0.462. The van der Waals surface area contributed by atoms with E-state index in [0.29, 0.717) is 6.42 Å². The first-order valence-corrected chi connectivity index (χ1v) is 7.43. The number of urea groups is 1. The summed E-state index contributed by atoms with van der Waals surface area (Å²) in [4.78, 5) is 34.6. The van der Waals surface area contributed by atoms with E-state index in [1.54, 1.807) is 0 Å². The van der Waals surface area contributed by atoms with Gasteiger partial charge in [0.15, 0.2) is 0 Å². The van der Waals surface area contributed by atoms with E-state index in [9.17, 15) is 14.4 Å². The van der Waals surface area contributed by atoms with E-state index in [0.717, 1.165) is 4.88 Å². The van der Waals surface area contributed by atoms with Gasteiger partial charge in [-0.2, -0.15) is 0 Å². The Morgan fingerprint density at radius 1 is 1.38 bits per heavy atom. The summed E-state index contributed by atoms with van der Waals surface area (Å²) in [5.74, 6) is -1.80. The molecular formula is C13H19N3O4S. The first-order valence-electron chi connectivity index (χ1n) is 6.55. The van der Waals surface area contributed by atoms with Crippen LogP contribution < -0.4 is 16.4 Å². The largest absolute Gasteiger partial charge is 0.480 e. The van der Waals surface area contributed by atoms with Gasteiger partial charge in [-0.05, 0) is 24.3 Å². The zero-order valence-electron chi connectivity index (χ0n) is 11.7. The molecule has 0 aliphatic carbocycles. The van der Waals surface area contributed by atoms with Crippen molar-refractivity contribution in [1.29, 1.82) is 0 Å². The summed E-state index contributed by atoms with van der Waals surface area (Å²) in [5, 5.41) is 16.0. The Kier molecular flexibility index (Phi) is 6.67. The average Bonchev–Trinajstić information content (AvgIpc) is 2.94. The summed E-state index contributed by atoms with van der Waals surface area (Å²) < 4.78 is 0. The van der Waals surface area contributed by atoms with Crippen LogP contribution in [0.4, 0.5) is 4.79 Å². The number of carbonyl (C=O) groups is 3. The first kappa shape index (κ1) is 17.0. The first-order chi connectivity index (χ1) is 9.93. The number of primary amides is 1. The van der Waals surface area contributed by atoms with Crippen LogP contribution in [0.25, 0.3) is 0 Å². The number of hydrogen-bond acceptors (Lipinski definition) is 4. The maximum Gasteiger partial charge on any atom is 0.326 e. The molecule has 0 bridgehead atoms. The highest BCUT2D eigenvalue weighted by Crippen LogP contribution is 2.21. The predicted molar refractivity (Wildman–Crippen MR) is 78.9 cm³/mol. The second-order valence-electron chi connectivity index (χ2n) is 4.49. The molecule has 1 aromatic heterocycles. The molecule has 0 saturated carbocycles. The summed E-state index contributed by atoms with van der Waals surface area (Å²) in [6.45, 7) is 1.92. The minimum absolute atomic E-state index is 0.0338. The number of carbonyl (C=O) groups excluding carboxylic acids is 2. The van der Waals surface area contributed by atoms with Crippen LogP contribution in [0.15, 0.2) is 17.5 Å². The molecule has 0 fully saturated rings. The maximum atomic E-state index is 11.9. The number of aliphatic carboxylic acids is 1. The Morgan fingerprint density at radius 3 is 2.57 bits per heavy atom. The predicted octanol–water partition coefficient (Wildman–Crippen LogP) is 1.22. The minimum Gasteiger partial charge on any atom is -0.480 e. The molecule has 7 nitrogen and oxygen atoms in total. The van der Waals surface area contributed by atoms with E-state index >= 15 is 0 Å². The lowest BCUT2D eigenvalue weighted by Gasteiger charge is -2.19. The molecule has 0 spiro atoms. The number of nitrogens with one attached hydrogen (secondary N) is 2. The molecule has 0 radical (unpaired) electrons. The van der Waals surface area contributed by atoms with Gasteiger partial charge in [0.1, 0.15) is 6.04 Å². The van der Waals surface area contributed by atoms with Crippen LogP contribution in [0.3, 0.4) is 0 Å². The normalized spacial score (nSPS) is 13.2. The number of carboxylic acid groups (broad SMARTS) is 1. The second kappa shape index (κ2) is 8.25. The molecule has 116 valence electrons. The SMILES string of the molecule is CCC(NC(=O)N[C@H](CCC(N)=O)C(=O)O)c1cccs1. The average molecular weight is 313 g/mol. The van der Waals surface area contributed by atoms with Crippen LogP contribution in [0.5, 0.6) is 0 Å².